The van der Waals surface area contributed by atoms with Gasteiger partial charge in [0.05, 0.1) is 23.7 Å². The van der Waals surface area contributed by atoms with Crippen LogP contribution in [0.3, 0.4) is 0 Å². The summed E-state index contributed by atoms with van der Waals surface area (Å²) in [5.41, 5.74) is 3.22. The number of aromatic nitrogens is 1. The van der Waals surface area contributed by atoms with Crippen LogP contribution in [0.25, 0.3) is 16.7 Å². The number of hydrogen-bond acceptors (Lipinski definition) is 7. The van der Waals surface area contributed by atoms with Crippen LogP contribution in [0.5, 0.6) is 5.88 Å². The van der Waals surface area contributed by atoms with Gasteiger partial charge in [-0.2, -0.15) is 0 Å². The van der Waals surface area contributed by atoms with Crippen LogP contribution in [-0.4, -0.2) is 64.4 Å². The Labute approximate surface area is 261 Å². The third kappa shape index (κ3) is 7.45. The number of anilines is 1. The first-order valence-corrected chi connectivity index (χ1v) is 15.0. The zero-order valence-corrected chi connectivity index (χ0v) is 25.1. The summed E-state index contributed by atoms with van der Waals surface area (Å²) < 4.78 is 34.9. The van der Waals surface area contributed by atoms with Gasteiger partial charge in [-0.05, 0) is 71.4 Å². The molecule has 1 fully saturated rings. The highest BCUT2D eigenvalue weighted by molar-refractivity contribution is 7.73. The molecule has 3 N–H and O–H groups in total. The number of carbonyl (C=O) groups excluding carboxylic acids is 1. The second-order valence-electron chi connectivity index (χ2n) is 10.1. The Hall–Kier alpha value is -4.23. The van der Waals surface area contributed by atoms with Gasteiger partial charge in [0, 0.05) is 43.9 Å². The van der Waals surface area contributed by atoms with E-state index in [9.17, 15) is 23.5 Å². The molecular weight excluding hydrogens is 608 g/mol. The first kappa shape index (κ1) is 31.2. The van der Waals surface area contributed by atoms with Gasteiger partial charge in [0.1, 0.15) is 0 Å². The smallest absolute Gasteiger partial charge is 0.335 e. The maximum absolute atomic E-state index is 14.0. The number of nitrogens with one attached hydrogen (secondary N) is 1. The summed E-state index contributed by atoms with van der Waals surface area (Å²) in [5, 5.41) is 23.2. The van der Waals surface area contributed by atoms with E-state index >= 15 is 0 Å². The Morgan fingerprint density at radius 1 is 0.977 bits per heavy atom. The number of thiazole rings is 1. The highest BCUT2D eigenvalue weighted by atomic mass is 32.1. The number of nitrogens with zero attached hydrogens (tertiary/aromatic N) is 2. The van der Waals surface area contributed by atoms with Crippen LogP contribution >= 0.6 is 23.6 Å². The molecular formula is C32H29F2N3O5S2. The van der Waals surface area contributed by atoms with Gasteiger partial charge in [0.2, 0.25) is 11.8 Å². The number of carboxylic acid groups (broad SMARTS) is 1. The normalized spacial score (nSPS) is 14.0. The Morgan fingerprint density at radius 2 is 1.70 bits per heavy atom. The Balaban J connectivity index is 1.41. The lowest BCUT2D eigenvalue weighted by molar-refractivity contribution is -0.116. The van der Waals surface area contributed by atoms with Crippen molar-refractivity contribution < 1.29 is 33.3 Å². The van der Waals surface area contributed by atoms with E-state index in [2.05, 4.69) is 10.2 Å². The lowest BCUT2D eigenvalue weighted by atomic mass is 9.97. The Kier molecular flexibility index (Phi) is 9.95. The maximum Gasteiger partial charge on any atom is 0.335 e. The van der Waals surface area contributed by atoms with Gasteiger partial charge in [0.15, 0.2) is 15.6 Å². The van der Waals surface area contributed by atoms with E-state index < -0.39 is 17.6 Å². The summed E-state index contributed by atoms with van der Waals surface area (Å²) in [6, 6.07) is 16.9. The van der Waals surface area contributed by atoms with Crippen LogP contribution in [0.15, 0.2) is 72.8 Å². The molecule has 0 aliphatic carbocycles. The number of morpholine rings is 1. The van der Waals surface area contributed by atoms with E-state index in [4.69, 9.17) is 22.1 Å². The number of halogens is 2. The molecule has 2 heterocycles. The van der Waals surface area contributed by atoms with Gasteiger partial charge in [-0.15, -0.1) is 11.3 Å². The first-order chi connectivity index (χ1) is 21.2. The fraction of sp³-hybridized carbons (Fsp3) is 0.219. The van der Waals surface area contributed by atoms with Crippen molar-refractivity contribution in [3.8, 4) is 17.0 Å². The molecule has 44 heavy (non-hydrogen) atoms. The number of carbonyl (C=O) groups is 2. The van der Waals surface area contributed by atoms with Crippen molar-refractivity contribution in [1.82, 2.24) is 9.47 Å². The van der Waals surface area contributed by atoms with Crippen LogP contribution in [-0.2, 0) is 16.1 Å². The van der Waals surface area contributed by atoms with Gasteiger partial charge in [-0.25, -0.2) is 13.6 Å². The molecule has 1 amide bonds. The minimum absolute atomic E-state index is 0.0111. The number of aromatic carboxylic acids is 1. The molecule has 12 heteroatoms. The van der Waals surface area contributed by atoms with Crippen molar-refractivity contribution in [2.75, 3.05) is 38.2 Å². The molecule has 228 valence electrons. The van der Waals surface area contributed by atoms with Crippen LogP contribution in [0, 0.1) is 15.6 Å². The molecule has 0 atom stereocenters. The Morgan fingerprint density at radius 3 is 2.41 bits per heavy atom. The lowest BCUT2D eigenvalue weighted by Crippen LogP contribution is -2.36. The molecule has 0 saturated carbocycles. The molecule has 0 bridgehead atoms. The number of amides is 1. The lowest BCUT2D eigenvalue weighted by Gasteiger charge is -2.25. The molecule has 4 aromatic rings. The quantitative estimate of drug-likeness (QED) is 0.173. The molecule has 0 radical (unpaired) electrons. The van der Waals surface area contributed by atoms with Crippen LogP contribution in [0.2, 0.25) is 0 Å². The maximum atomic E-state index is 14.0. The van der Waals surface area contributed by atoms with Gasteiger partial charge in [-0.1, -0.05) is 30.3 Å². The number of aromatic hydroxyl groups is 1. The third-order valence-corrected chi connectivity index (χ3v) is 8.65. The summed E-state index contributed by atoms with van der Waals surface area (Å²) in [7, 11) is 0. The van der Waals surface area contributed by atoms with Crippen molar-refractivity contribution in [1.29, 1.82) is 0 Å². The number of hydrogen-bond donors (Lipinski definition) is 3. The number of ether oxygens (including phenoxy) is 1. The number of rotatable bonds is 10. The summed E-state index contributed by atoms with van der Waals surface area (Å²) in [4.78, 5) is 26.5. The monoisotopic (exact) mass is 637 g/mol. The SMILES string of the molecule is O=C(CCn1c(O)c(C(=CCN2CCOCC2)c2cccc(-c3ccc(F)c(F)c3)c2)sc1=S)Nc1ccc(C(=O)O)cc1. The molecule has 1 aliphatic heterocycles. The summed E-state index contributed by atoms with van der Waals surface area (Å²) in [6.07, 6.45) is 2.02. The van der Waals surface area contributed by atoms with Crippen LogP contribution in [0.1, 0.15) is 27.2 Å². The Bertz CT molecular complexity index is 1760. The molecule has 0 unspecified atom stereocenters. The molecule has 3 aromatic carbocycles. The minimum Gasteiger partial charge on any atom is -0.493 e. The van der Waals surface area contributed by atoms with Gasteiger partial charge in [-0.3, -0.25) is 14.3 Å². The summed E-state index contributed by atoms with van der Waals surface area (Å²) in [6.45, 7) is 3.47. The molecule has 1 saturated heterocycles. The third-order valence-electron chi connectivity index (χ3n) is 7.18. The first-order valence-electron chi connectivity index (χ1n) is 13.8. The highest BCUT2D eigenvalue weighted by Gasteiger charge is 2.20. The van der Waals surface area contributed by atoms with E-state index in [1.165, 1.54) is 46.2 Å². The van der Waals surface area contributed by atoms with E-state index in [0.717, 1.165) is 36.4 Å². The van der Waals surface area contributed by atoms with Gasteiger partial charge < -0.3 is 20.3 Å². The van der Waals surface area contributed by atoms with Crippen LogP contribution < -0.4 is 5.32 Å². The van der Waals surface area contributed by atoms with Crippen molar-refractivity contribution >= 4 is 46.7 Å². The summed E-state index contributed by atoms with van der Waals surface area (Å²) >= 11 is 6.81. The van der Waals surface area contributed by atoms with E-state index in [-0.39, 0.29) is 30.3 Å². The summed E-state index contributed by atoms with van der Waals surface area (Å²) in [5.74, 6) is -3.33. The highest BCUT2D eigenvalue weighted by Crippen LogP contribution is 2.38. The molecule has 8 nitrogen and oxygen atoms in total. The largest absolute Gasteiger partial charge is 0.493 e. The molecule has 1 aromatic heterocycles. The number of carboxylic acids is 1. The predicted octanol–water partition coefficient (Wildman–Crippen LogP) is 6.42. The topological polar surface area (TPSA) is 104 Å². The van der Waals surface area contributed by atoms with E-state index in [0.29, 0.717) is 45.4 Å². The van der Waals surface area contributed by atoms with Crippen molar-refractivity contribution in [2.45, 2.75) is 13.0 Å². The fourth-order valence-corrected chi connectivity index (χ4v) is 6.19. The number of benzene rings is 3. The average molecular weight is 638 g/mol. The predicted molar refractivity (Wildman–Crippen MR) is 168 cm³/mol. The van der Waals surface area contributed by atoms with Gasteiger partial charge >= 0.3 is 5.97 Å². The molecule has 5 rings (SSSR count). The minimum atomic E-state index is -1.06. The van der Waals surface area contributed by atoms with Crippen molar-refractivity contribution in [3.05, 3.63) is 104 Å². The fourth-order valence-electron chi connectivity index (χ4n) is 4.79. The van der Waals surface area contributed by atoms with E-state index in [1.54, 1.807) is 6.07 Å². The molecule has 0 spiro atoms. The standard InChI is InChI=1S/C32H29F2N3O5S2/c33-26-9-6-22(19-27(26)34)21-2-1-3-23(18-21)25(10-12-36-14-16-42-17-15-36)29-30(39)37(32(43)44-29)13-11-28(38)35-24-7-4-20(5-8-24)31(40)41/h1-10,18-19,39H,11-17H2,(H,35,38)(H,40,41). The molecule has 1 aliphatic rings. The van der Waals surface area contributed by atoms with E-state index in [1.807, 2.05) is 24.3 Å². The van der Waals surface area contributed by atoms with Crippen molar-refractivity contribution in [2.24, 2.45) is 0 Å². The van der Waals surface area contributed by atoms with Crippen molar-refractivity contribution in [3.63, 3.8) is 0 Å². The second kappa shape index (κ2) is 14.0. The zero-order valence-electron chi connectivity index (χ0n) is 23.5. The van der Waals surface area contributed by atoms with Gasteiger partial charge in [0.25, 0.3) is 0 Å². The van der Waals surface area contributed by atoms with Crippen LogP contribution in [0.4, 0.5) is 14.5 Å². The second-order valence-corrected chi connectivity index (χ2v) is 11.7. The zero-order chi connectivity index (χ0) is 31.2. The average Bonchev–Trinajstić information content (AvgIpc) is 3.30.